The third kappa shape index (κ3) is 4.43. The molecule has 0 heterocycles. The first-order chi connectivity index (χ1) is 9.65. The van der Waals surface area contributed by atoms with Gasteiger partial charge in [-0.1, -0.05) is 52.3 Å². The molecule has 1 amide bonds. The third-order valence-corrected chi connectivity index (χ3v) is 3.35. The summed E-state index contributed by atoms with van der Waals surface area (Å²) >= 11 is 8.44. The Bertz CT molecular complexity index is 616. The van der Waals surface area contributed by atoms with E-state index in [1.54, 1.807) is 18.2 Å². The SMILES string of the molecule is O=C(NC(=S)NCc1ccccc1)c1cccc(Br)c1. The highest BCUT2D eigenvalue weighted by Crippen LogP contribution is 2.11. The van der Waals surface area contributed by atoms with Crippen molar-refractivity contribution in [3.8, 4) is 0 Å². The summed E-state index contributed by atoms with van der Waals surface area (Å²) in [4.78, 5) is 12.0. The van der Waals surface area contributed by atoms with E-state index in [9.17, 15) is 4.79 Å². The van der Waals surface area contributed by atoms with E-state index in [0.717, 1.165) is 10.0 Å². The van der Waals surface area contributed by atoms with Crippen LogP contribution in [0.15, 0.2) is 59.1 Å². The van der Waals surface area contributed by atoms with Crippen LogP contribution in [0.25, 0.3) is 0 Å². The quantitative estimate of drug-likeness (QED) is 0.836. The maximum absolute atomic E-state index is 12.0. The first kappa shape index (κ1) is 14.7. The zero-order valence-corrected chi connectivity index (χ0v) is 13.0. The van der Waals surface area contributed by atoms with Crippen LogP contribution in [0, 0.1) is 0 Å². The molecule has 0 bridgehead atoms. The maximum Gasteiger partial charge on any atom is 0.257 e. The lowest BCUT2D eigenvalue weighted by atomic mass is 10.2. The molecule has 0 radical (unpaired) electrons. The minimum atomic E-state index is -0.225. The predicted molar refractivity (Wildman–Crippen MR) is 87.5 cm³/mol. The Morgan fingerprint density at radius 3 is 2.55 bits per heavy atom. The number of halogens is 1. The van der Waals surface area contributed by atoms with Gasteiger partial charge in [0.1, 0.15) is 0 Å². The van der Waals surface area contributed by atoms with Gasteiger partial charge in [0.05, 0.1) is 0 Å². The Balaban J connectivity index is 1.87. The molecule has 0 atom stereocenters. The molecule has 2 aromatic rings. The lowest BCUT2D eigenvalue weighted by Gasteiger charge is -2.09. The third-order valence-electron chi connectivity index (χ3n) is 2.61. The average molecular weight is 349 g/mol. The Morgan fingerprint density at radius 2 is 1.85 bits per heavy atom. The fourth-order valence-corrected chi connectivity index (χ4v) is 2.19. The number of hydrogen-bond acceptors (Lipinski definition) is 2. The number of carbonyl (C=O) groups is 1. The van der Waals surface area contributed by atoms with Crippen LogP contribution in [-0.4, -0.2) is 11.0 Å². The highest BCUT2D eigenvalue weighted by molar-refractivity contribution is 9.10. The molecule has 0 fully saturated rings. The number of thiocarbonyl (C=S) groups is 1. The second-order valence-corrected chi connectivity index (χ2v) is 5.46. The normalized spacial score (nSPS) is 9.85. The number of amides is 1. The van der Waals surface area contributed by atoms with Gasteiger partial charge in [-0.15, -0.1) is 0 Å². The summed E-state index contributed by atoms with van der Waals surface area (Å²) in [5, 5.41) is 5.97. The second-order valence-electron chi connectivity index (χ2n) is 4.13. The van der Waals surface area contributed by atoms with E-state index in [1.165, 1.54) is 0 Å². The van der Waals surface area contributed by atoms with Gasteiger partial charge in [-0.25, -0.2) is 0 Å². The van der Waals surface area contributed by atoms with Gasteiger partial charge < -0.3 is 5.32 Å². The molecular weight excluding hydrogens is 336 g/mol. The molecule has 102 valence electrons. The molecule has 0 saturated carbocycles. The van der Waals surface area contributed by atoms with Gasteiger partial charge in [0.2, 0.25) is 0 Å². The molecular formula is C15H13BrN2OS. The number of nitrogens with one attached hydrogen (secondary N) is 2. The highest BCUT2D eigenvalue weighted by atomic mass is 79.9. The minimum Gasteiger partial charge on any atom is -0.358 e. The van der Waals surface area contributed by atoms with Crippen molar-refractivity contribution in [2.75, 3.05) is 0 Å². The van der Waals surface area contributed by atoms with Crippen LogP contribution in [0.5, 0.6) is 0 Å². The summed E-state index contributed by atoms with van der Waals surface area (Å²) in [5.41, 5.74) is 1.66. The number of rotatable bonds is 3. The molecule has 20 heavy (non-hydrogen) atoms. The van der Waals surface area contributed by atoms with E-state index in [2.05, 4.69) is 26.6 Å². The first-order valence-corrected chi connectivity index (χ1v) is 7.24. The Hall–Kier alpha value is -1.72. The maximum atomic E-state index is 12.0. The Labute approximate surface area is 131 Å². The molecule has 5 heteroatoms. The van der Waals surface area contributed by atoms with E-state index >= 15 is 0 Å². The first-order valence-electron chi connectivity index (χ1n) is 6.04. The van der Waals surface area contributed by atoms with Crippen molar-refractivity contribution in [3.63, 3.8) is 0 Å². The van der Waals surface area contributed by atoms with Crippen LogP contribution in [0.2, 0.25) is 0 Å². The van der Waals surface area contributed by atoms with E-state index in [-0.39, 0.29) is 5.91 Å². The van der Waals surface area contributed by atoms with Gasteiger partial charge in [-0.2, -0.15) is 0 Å². The molecule has 0 spiro atoms. The van der Waals surface area contributed by atoms with Crippen LogP contribution in [0.4, 0.5) is 0 Å². The molecule has 3 nitrogen and oxygen atoms in total. The van der Waals surface area contributed by atoms with Gasteiger partial charge in [0, 0.05) is 16.6 Å². The summed E-state index contributed by atoms with van der Waals surface area (Å²) < 4.78 is 0.855. The van der Waals surface area contributed by atoms with Crippen LogP contribution < -0.4 is 10.6 Å². The monoisotopic (exact) mass is 348 g/mol. The zero-order chi connectivity index (χ0) is 14.4. The lowest BCUT2D eigenvalue weighted by Crippen LogP contribution is -2.38. The number of carbonyl (C=O) groups excluding carboxylic acids is 1. The van der Waals surface area contributed by atoms with Crippen molar-refractivity contribution in [3.05, 3.63) is 70.2 Å². The van der Waals surface area contributed by atoms with Crippen molar-refractivity contribution in [2.24, 2.45) is 0 Å². The Kier molecular flexibility index (Phi) is 5.26. The molecule has 0 aliphatic rings. The van der Waals surface area contributed by atoms with E-state index < -0.39 is 0 Å². The molecule has 0 saturated heterocycles. The van der Waals surface area contributed by atoms with Gasteiger partial charge in [-0.05, 0) is 36.0 Å². The van der Waals surface area contributed by atoms with Crippen LogP contribution in [-0.2, 0) is 6.54 Å². The second kappa shape index (κ2) is 7.17. The minimum absolute atomic E-state index is 0.225. The molecule has 2 aromatic carbocycles. The van der Waals surface area contributed by atoms with Crippen molar-refractivity contribution < 1.29 is 4.79 Å². The van der Waals surface area contributed by atoms with Crippen LogP contribution in [0.3, 0.4) is 0 Å². The van der Waals surface area contributed by atoms with E-state index in [0.29, 0.717) is 17.2 Å². The van der Waals surface area contributed by atoms with Crippen molar-refractivity contribution in [1.29, 1.82) is 0 Å². The largest absolute Gasteiger partial charge is 0.358 e. The molecule has 2 rings (SSSR count). The summed E-state index contributed by atoms with van der Waals surface area (Å²) in [6.07, 6.45) is 0. The number of benzene rings is 2. The fraction of sp³-hybridized carbons (Fsp3) is 0.0667. The van der Waals surface area contributed by atoms with Gasteiger partial charge in [0.25, 0.3) is 5.91 Å². The topological polar surface area (TPSA) is 41.1 Å². The van der Waals surface area contributed by atoms with Crippen molar-refractivity contribution in [2.45, 2.75) is 6.54 Å². The van der Waals surface area contributed by atoms with Crippen LogP contribution in [0.1, 0.15) is 15.9 Å². The predicted octanol–water partition coefficient (Wildman–Crippen LogP) is 3.25. The van der Waals surface area contributed by atoms with Crippen molar-refractivity contribution >= 4 is 39.2 Å². The smallest absolute Gasteiger partial charge is 0.257 e. The average Bonchev–Trinajstić information content (AvgIpc) is 2.46. The molecule has 0 aliphatic carbocycles. The zero-order valence-electron chi connectivity index (χ0n) is 10.6. The standard InChI is InChI=1S/C15H13BrN2OS/c16-13-8-4-7-12(9-13)14(19)18-15(20)17-10-11-5-2-1-3-6-11/h1-9H,10H2,(H2,17,18,19,20). The molecule has 0 aromatic heterocycles. The summed E-state index contributed by atoms with van der Waals surface area (Å²) in [5.74, 6) is -0.225. The van der Waals surface area contributed by atoms with Gasteiger partial charge in [-0.3, -0.25) is 10.1 Å². The lowest BCUT2D eigenvalue weighted by molar-refractivity contribution is 0.0976. The molecule has 0 unspecified atom stereocenters. The summed E-state index contributed by atoms with van der Waals surface area (Å²) in [6.45, 7) is 0.582. The van der Waals surface area contributed by atoms with Crippen molar-refractivity contribution in [1.82, 2.24) is 10.6 Å². The van der Waals surface area contributed by atoms with E-state index in [4.69, 9.17) is 12.2 Å². The molecule has 0 aliphatic heterocycles. The molecule has 2 N–H and O–H groups in total. The highest BCUT2D eigenvalue weighted by Gasteiger charge is 2.07. The fourth-order valence-electron chi connectivity index (χ4n) is 1.63. The van der Waals surface area contributed by atoms with E-state index in [1.807, 2.05) is 36.4 Å². The van der Waals surface area contributed by atoms with Crippen LogP contribution >= 0.6 is 28.1 Å². The van der Waals surface area contributed by atoms with Gasteiger partial charge in [0.15, 0.2) is 5.11 Å². The Morgan fingerprint density at radius 1 is 1.10 bits per heavy atom. The summed E-state index contributed by atoms with van der Waals surface area (Å²) in [6, 6.07) is 17.0. The number of hydrogen-bond donors (Lipinski definition) is 2. The van der Waals surface area contributed by atoms with Gasteiger partial charge >= 0.3 is 0 Å². The summed E-state index contributed by atoms with van der Waals surface area (Å²) in [7, 11) is 0.